The van der Waals surface area contributed by atoms with E-state index in [0.717, 1.165) is 0 Å². The SMILES string of the molecule is O=C(NCc1cccnn1)c1ccoc1Br. The van der Waals surface area contributed by atoms with Crippen LogP contribution in [0.5, 0.6) is 0 Å². The van der Waals surface area contributed by atoms with Crippen LogP contribution in [0.3, 0.4) is 0 Å². The van der Waals surface area contributed by atoms with Gasteiger partial charge in [0, 0.05) is 6.20 Å². The molecule has 5 nitrogen and oxygen atoms in total. The first-order chi connectivity index (χ1) is 7.77. The molecule has 1 N–H and O–H groups in total. The average molecular weight is 282 g/mol. The number of hydrogen-bond acceptors (Lipinski definition) is 4. The van der Waals surface area contributed by atoms with Gasteiger partial charge in [0.05, 0.1) is 24.1 Å². The van der Waals surface area contributed by atoms with Crippen molar-refractivity contribution in [3.8, 4) is 0 Å². The Morgan fingerprint density at radius 1 is 1.50 bits per heavy atom. The molecule has 6 heteroatoms. The van der Waals surface area contributed by atoms with Crippen molar-refractivity contribution < 1.29 is 9.21 Å². The molecule has 1 amide bonds. The summed E-state index contributed by atoms with van der Waals surface area (Å²) in [6.45, 7) is 0.338. The van der Waals surface area contributed by atoms with Gasteiger partial charge in [-0.3, -0.25) is 4.79 Å². The molecule has 0 atom stereocenters. The topological polar surface area (TPSA) is 68.0 Å². The van der Waals surface area contributed by atoms with Crippen LogP contribution in [0.15, 0.2) is 39.7 Å². The molecule has 2 aromatic rings. The van der Waals surface area contributed by atoms with Gasteiger partial charge in [-0.15, -0.1) is 0 Å². The van der Waals surface area contributed by atoms with E-state index in [1.165, 1.54) is 6.26 Å². The van der Waals surface area contributed by atoms with Gasteiger partial charge in [-0.1, -0.05) is 0 Å². The Morgan fingerprint density at radius 3 is 3.00 bits per heavy atom. The fourth-order valence-corrected chi connectivity index (χ4v) is 1.57. The molecular weight excluding hydrogens is 274 g/mol. The van der Waals surface area contributed by atoms with Crippen LogP contribution >= 0.6 is 15.9 Å². The summed E-state index contributed by atoms with van der Waals surface area (Å²) in [5.74, 6) is -0.216. The summed E-state index contributed by atoms with van der Waals surface area (Å²) in [5, 5.41) is 10.3. The third-order valence-corrected chi connectivity index (χ3v) is 2.53. The summed E-state index contributed by atoms with van der Waals surface area (Å²) in [4.78, 5) is 11.7. The molecular formula is C10H8BrN3O2. The van der Waals surface area contributed by atoms with Gasteiger partial charge in [0.25, 0.3) is 5.91 Å². The molecule has 0 saturated heterocycles. The first-order valence-corrected chi connectivity index (χ1v) is 5.34. The minimum Gasteiger partial charge on any atom is -0.457 e. The van der Waals surface area contributed by atoms with Crippen molar-refractivity contribution in [2.24, 2.45) is 0 Å². The van der Waals surface area contributed by atoms with Gasteiger partial charge in [-0.25, -0.2) is 0 Å². The zero-order chi connectivity index (χ0) is 11.4. The van der Waals surface area contributed by atoms with E-state index in [9.17, 15) is 4.79 Å². The zero-order valence-corrected chi connectivity index (χ0v) is 9.77. The maximum absolute atomic E-state index is 11.7. The van der Waals surface area contributed by atoms with Gasteiger partial charge in [0.15, 0.2) is 4.67 Å². The van der Waals surface area contributed by atoms with Crippen molar-refractivity contribution >= 4 is 21.8 Å². The lowest BCUT2D eigenvalue weighted by atomic mass is 10.3. The molecule has 16 heavy (non-hydrogen) atoms. The molecule has 0 radical (unpaired) electrons. The van der Waals surface area contributed by atoms with Gasteiger partial charge in [0.2, 0.25) is 0 Å². The van der Waals surface area contributed by atoms with Crippen LogP contribution in [-0.4, -0.2) is 16.1 Å². The van der Waals surface area contributed by atoms with Crippen LogP contribution in [-0.2, 0) is 6.54 Å². The average Bonchev–Trinajstić information content (AvgIpc) is 2.74. The molecule has 2 aromatic heterocycles. The zero-order valence-electron chi connectivity index (χ0n) is 8.18. The molecule has 0 aliphatic heterocycles. The lowest BCUT2D eigenvalue weighted by Crippen LogP contribution is -2.23. The van der Waals surface area contributed by atoms with E-state index in [-0.39, 0.29) is 5.91 Å². The third kappa shape index (κ3) is 2.46. The minimum atomic E-state index is -0.216. The van der Waals surface area contributed by atoms with E-state index in [0.29, 0.717) is 22.5 Å². The van der Waals surface area contributed by atoms with Gasteiger partial charge in [-0.05, 0) is 34.1 Å². The van der Waals surface area contributed by atoms with Crippen LogP contribution in [0.1, 0.15) is 16.1 Å². The van der Waals surface area contributed by atoms with E-state index in [4.69, 9.17) is 4.42 Å². The number of halogens is 1. The highest BCUT2D eigenvalue weighted by Crippen LogP contribution is 2.17. The molecule has 0 aliphatic carbocycles. The first-order valence-electron chi connectivity index (χ1n) is 4.55. The Balaban J connectivity index is 1.97. The summed E-state index contributed by atoms with van der Waals surface area (Å²) in [6.07, 6.45) is 3.03. The highest BCUT2D eigenvalue weighted by Gasteiger charge is 2.11. The number of amides is 1. The summed E-state index contributed by atoms with van der Waals surface area (Å²) >= 11 is 3.14. The van der Waals surface area contributed by atoms with Gasteiger partial charge in [-0.2, -0.15) is 10.2 Å². The summed E-state index contributed by atoms with van der Waals surface area (Å²) < 4.78 is 5.39. The molecule has 0 unspecified atom stereocenters. The quantitative estimate of drug-likeness (QED) is 0.931. The molecule has 82 valence electrons. The predicted octanol–water partition coefficient (Wildman–Crippen LogP) is 1.76. The number of hydrogen-bond donors (Lipinski definition) is 1. The number of nitrogens with zero attached hydrogens (tertiary/aromatic N) is 2. The lowest BCUT2D eigenvalue weighted by molar-refractivity contribution is 0.0948. The molecule has 0 aromatic carbocycles. The van der Waals surface area contributed by atoms with Crippen LogP contribution in [0.4, 0.5) is 0 Å². The second kappa shape index (κ2) is 4.89. The Bertz CT molecular complexity index is 484. The van der Waals surface area contributed by atoms with Crippen molar-refractivity contribution in [1.82, 2.24) is 15.5 Å². The second-order valence-electron chi connectivity index (χ2n) is 3.01. The third-order valence-electron chi connectivity index (χ3n) is 1.92. The number of nitrogens with one attached hydrogen (secondary N) is 1. The fraction of sp³-hybridized carbons (Fsp3) is 0.100. The molecule has 2 heterocycles. The van der Waals surface area contributed by atoms with E-state index >= 15 is 0 Å². The number of rotatable bonds is 3. The lowest BCUT2D eigenvalue weighted by Gasteiger charge is -2.02. The van der Waals surface area contributed by atoms with Crippen molar-refractivity contribution in [1.29, 1.82) is 0 Å². The molecule has 0 saturated carbocycles. The van der Waals surface area contributed by atoms with Crippen molar-refractivity contribution in [3.63, 3.8) is 0 Å². The van der Waals surface area contributed by atoms with E-state index in [1.54, 1.807) is 24.4 Å². The number of carbonyl (C=O) groups excluding carboxylic acids is 1. The molecule has 0 fully saturated rings. The first kappa shape index (κ1) is 10.8. The molecule has 0 bridgehead atoms. The van der Waals surface area contributed by atoms with Crippen molar-refractivity contribution in [2.75, 3.05) is 0 Å². The van der Waals surface area contributed by atoms with Gasteiger partial charge >= 0.3 is 0 Å². The highest BCUT2D eigenvalue weighted by atomic mass is 79.9. The van der Waals surface area contributed by atoms with E-state index in [1.807, 2.05) is 0 Å². The molecule has 2 rings (SSSR count). The normalized spacial score (nSPS) is 10.1. The van der Waals surface area contributed by atoms with Gasteiger partial charge in [0.1, 0.15) is 0 Å². The Hall–Kier alpha value is -1.69. The number of furan rings is 1. The smallest absolute Gasteiger partial charge is 0.256 e. The standard InChI is InChI=1S/C10H8BrN3O2/c11-9-8(3-5-16-9)10(15)12-6-7-2-1-4-13-14-7/h1-5H,6H2,(H,12,15). The van der Waals surface area contributed by atoms with Crippen molar-refractivity contribution in [3.05, 3.63) is 46.6 Å². The Kier molecular flexibility index (Phi) is 3.31. The molecule has 0 spiro atoms. The van der Waals surface area contributed by atoms with E-state index < -0.39 is 0 Å². The maximum Gasteiger partial charge on any atom is 0.256 e. The monoisotopic (exact) mass is 281 g/mol. The minimum absolute atomic E-state index is 0.216. The fourth-order valence-electron chi connectivity index (χ4n) is 1.15. The maximum atomic E-state index is 11.7. The summed E-state index contributed by atoms with van der Waals surface area (Å²) in [5.41, 5.74) is 1.17. The second-order valence-corrected chi connectivity index (χ2v) is 3.73. The van der Waals surface area contributed by atoms with Crippen molar-refractivity contribution in [2.45, 2.75) is 6.54 Å². The molecule has 0 aliphatic rings. The van der Waals surface area contributed by atoms with Crippen LogP contribution in [0.25, 0.3) is 0 Å². The number of carbonyl (C=O) groups is 1. The van der Waals surface area contributed by atoms with Gasteiger partial charge < -0.3 is 9.73 Å². The Morgan fingerprint density at radius 2 is 2.38 bits per heavy atom. The predicted molar refractivity (Wildman–Crippen MR) is 59.6 cm³/mol. The summed E-state index contributed by atoms with van der Waals surface area (Å²) in [6, 6.07) is 5.15. The largest absolute Gasteiger partial charge is 0.457 e. The summed E-state index contributed by atoms with van der Waals surface area (Å²) in [7, 11) is 0. The highest BCUT2D eigenvalue weighted by molar-refractivity contribution is 9.10. The Labute approximate surface area is 100.0 Å². The van der Waals surface area contributed by atoms with Crippen LogP contribution < -0.4 is 5.32 Å². The van der Waals surface area contributed by atoms with Crippen LogP contribution in [0, 0.1) is 0 Å². The number of aromatic nitrogens is 2. The van der Waals surface area contributed by atoms with E-state index in [2.05, 4.69) is 31.4 Å². The van der Waals surface area contributed by atoms with Crippen LogP contribution in [0.2, 0.25) is 0 Å².